The predicted molar refractivity (Wildman–Crippen MR) is 137 cm³/mol. The number of piperazine rings is 1. The highest BCUT2D eigenvalue weighted by atomic mass is 16.7. The summed E-state index contributed by atoms with van der Waals surface area (Å²) in [7, 11) is 1.67. The van der Waals surface area contributed by atoms with Crippen LogP contribution >= 0.6 is 0 Å². The van der Waals surface area contributed by atoms with Crippen LogP contribution in [0.5, 0.6) is 17.2 Å². The minimum atomic E-state index is -0.324. The third kappa shape index (κ3) is 5.21. The van der Waals surface area contributed by atoms with Gasteiger partial charge in [-0.15, -0.1) is 0 Å². The number of methoxy groups -OCH3 is 1. The molecule has 3 aromatic carbocycles. The molecule has 0 aliphatic carbocycles. The first-order valence-corrected chi connectivity index (χ1v) is 11.8. The van der Waals surface area contributed by atoms with Crippen molar-refractivity contribution in [1.29, 1.82) is 0 Å². The first kappa shape index (κ1) is 23.5. The number of amides is 2. The van der Waals surface area contributed by atoms with Gasteiger partial charge in [-0.1, -0.05) is 24.3 Å². The van der Waals surface area contributed by atoms with E-state index in [0.717, 1.165) is 37.6 Å². The van der Waals surface area contributed by atoms with Crippen molar-refractivity contribution >= 4 is 28.9 Å². The number of hydrogen-bond donors (Lipinski definition) is 2. The Morgan fingerprint density at radius 1 is 0.889 bits per heavy atom. The van der Waals surface area contributed by atoms with E-state index in [9.17, 15) is 9.59 Å². The molecule has 9 nitrogen and oxygen atoms in total. The van der Waals surface area contributed by atoms with Crippen LogP contribution < -0.4 is 29.7 Å². The summed E-state index contributed by atoms with van der Waals surface area (Å²) in [5.41, 5.74) is 2.49. The van der Waals surface area contributed by atoms with Crippen LogP contribution in [0.1, 0.15) is 10.4 Å². The van der Waals surface area contributed by atoms with Crippen LogP contribution in [-0.2, 0) is 4.79 Å². The van der Waals surface area contributed by atoms with E-state index in [0.29, 0.717) is 28.4 Å². The van der Waals surface area contributed by atoms with Gasteiger partial charge in [-0.3, -0.25) is 14.5 Å². The molecule has 186 valence electrons. The van der Waals surface area contributed by atoms with Crippen molar-refractivity contribution < 1.29 is 23.8 Å². The predicted octanol–water partition coefficient (Wildman–Crippen LogP) is 3.44. The summed E-state index contributed by atoms with van der Waals surface area (Å²) in [6.07, 6.45) is 0. The van der Waals surface area contributed by atoms with E-state index >= 15 is 0 Å². The second-order valence-electron chi connectivity index (χ2n) is 8.55. The van der Waals surface area contributed by atoms with Gasteiger partial charge in [0, 0.05) is 37.9 Å². The SMILES string of the molecule is COc1ccccc1N1CCN(CC(=O)Nc2ccccc2C(=O)Nc2ccc3c(c2)OCO3)CC1. The van der Waals surface area contributed by atoms with Crippen LogP contribution in [0.15, 0.2) is 66.7 Å². The van der Waals surface area contributed by atoms with E-state index in [1.54, 1.807) is 49.6 Å². The molecule has 0 aromatic heterocycles. The lowest BCUT2D eigenvalue weighted by atomic mass is 10.1. The quantitative estimate of drug-likeness (QED) is 0.526. The van der Waals surface area contributed by atoms with Gasteiger partial charge in [0.1, 0.15) is 5.75 Å². The average Bonchev–Trinajstić information content (AvgIpc) is 3.37. The lowest BCUT2D eigenvalue weighted by molar-refractivity contribution is -0.117. The van der Waals surface area contributed by atoms with E-state index in [4.69, 9.17) is 14.2 Å². The smallest absolute Gasteiger partial charge is 0.257 e. The van der Waals surface area contributed by atoms with Crippen molar-refractivity contribution in [3.8, 4) is 17.2 Å². The highest BCUT2D eigenvalue weighted by Crippen LogP contribution is 2.34. The summed E-state index contributed by atoms with van der Waals surface area (Å²) in [5, 5.41) is 5.77. The molecule has 0 bridgehead atoms. The molecule has 2 heterocycles. The fourth-order valence-electron chi connectivity index (χ4n) is 4.39. The van der Waals surface area contributed by atoms with Crippen molar-refractivity contribution in [2.75, 3.05) is 62.2 Å². The van der Waals surface area contributed by atoms with Crippen molar-refractivity contribution in [1.82, 2.24) is 4.90 Å². The summed E-state index contributed by atoms with van der Waals surface area (Å²) < 4.78 is 16.2. The van der Waals surface area contributed by atoms with Gasteiger partial charge in [-0.05, 0) is 36.4 Å². The molecule has 0 saturated carbocycles. The van der Waals surface area contributed by atoms with Gasteiger partial charge in [0.15, 0.2) is 11.5 Å². The van der Waals surface area contributed by atoms with Crippen LogP contribution in [0, 0.1) is 0 Å². The summed E-state index contributed by atoms with van der Waals surface area (Å²) in [6, 6.07) is 20.1. The second kappa shape index (κ2) is 10.6. The molecular weight excluding hydrogens is 460 g/mol. The maximum absolute atomic E-state index is 13.0. The third-order valence-electron chi connectivity index (χ3n) is 6.24. The number of nitrogens with zero attached hydrogens (tertiary/aromatic N) is 2. The molecule has 1 saturated heterocycles. The zero-order chi connectivity index (χ0) is 24.9. The Kier molecular flexibility index (Phi) is 6.90. The van der Waals surface area contributed by atoms with E-state index in [1.165, 1.54) is 0 Å². The minimum Gasteiger partial charge on any atom is -0.495 e. The van der Waals surface area contributed by atoms with Gasteiger partial charge in [0.2, 0.25) is 12.7 Å². The van der Waals surface area contributed by atoms with Gasteiger partial charge in [0.25, 0.3) is 5.91 Å². The molecule has 36 heavy (non-hydrogen) atoms. The maximum atomic E-state index is 13.0. The molecule has 2 aliphatic heterocycles. The number of para-hydroxylation sites is 3. The normalized spacial score (nSPS) is 14.9. The molecule has 9 heteroatoms. The highest BCUT2D eigenvalue weighted by Gasteiger charge is 2.22. The Balaban J connectivity index is 1.17. The Morgan fingerprint density at radius 2 is 1.64 bits per heavy atom. The Bertz CT molecular complexity index is 1260. The van der Waals surface area contributed by atoms with Crippen LogP contribution in [-0.4, -0.2) is 63.3 Å². The number of ether oxygens (including phenoxy) is 3. The lowest BCUT2D eigenvalue weighted by Crippen LogP contribution is -2.48. The van der Waals surface area contributed by atoms with E-state index in [-0.39, 0.29) is 25.2 Å². The number of nitrogens with one attached hydrogen (secondary N) is 2. The lowest BCUT2D eigenvalue weighted by Gasteiger charge is -2.36. The first-order valence-electron chi connectivity index (χ1n) is 11.8. The molecule has 5 rings (SSSR count). The zero-order valence-corrected chi connectivity index (χ0v) is 20.0. The molecule has 2 amide bonds. The number of hydrogen-bond acceptors (Lipinski definition) is 7. The van der Waals surface area contributed by atoms with Gasteiger partial charge in [0.05, 0.1) is 30.6 Å². The summed E-state index contributed by atoms with van der Waals surface area (Å²) >= 11 is 0. The molecule has 3 aromatic rings. The van der Waals surface area contributed by atoms with E-state index in [1.807, 2.05) is 24.3 Å². The number of benzene rings is 3. The van der Waals surface area contributed by atoms with Crippen LogP contribution in [0.2, 0.25) is 0 Å². The van der Waals surface area contributed by atoms with Gasteiger partial charge >= 0.3 is 0 Å². The molecule has 0 unspecified atom stereocenters. The molecule has 0 spiro atoms. The monoisotopic (exact) mass is 488 g/mol. The van der Waals surface area contributed by atoms with Gasteiger partial charge < -0.3 is 29.7 Å². The number of fused-ring (bicyclic) bond motifs is 1. The molecule has 2 aliphatic rings. The standard InChI is InChI=1S/C27H28N4O5/c1-34-23-9-5-4-8-22(23)31-14-12-30(13-15-31)17-26(32)29-21-7-3-2-6-20(21)27(33)28-19-10-11-24-25(16-19)36-18-35-24/h2-11,16H,12-15,17-18H2,1H3,(H,28,33)(H,29,32). The van der Waals surface area contributed by atoms with Gasteiger partial charge in [-0.25, -0.2) is 0 Å². The van der Waals surface area contributed by atoms with Crippen molar-refractivity contribution in [2.45, 2.75) is 0 Å². The molecule has 1 fully saturated rings. The minimum absolute atomic E-state index is 0.163. The highest BCUT2D eigenvalue weighted by molar-refractivity contribution is 6.10. The number of carbonyl (C=O) groups is 2. The topological polar surface area (TPSA) is 92.4 Å². The number of rotatable bonds is 7. The maximum Gasteiger partial charge on any atom is 0.257 e. The van der Waals surface area contributed by atoms with Gasteiger partial charge in [-0.2, -0.15) is 0 Å². The average molecular weight is 489 g/mol. The zero-order valence-electron chi connectivity index (χ0n) is 20.0. The second-order valence-corrected chi connectivity index (χ2v) is 8.55. The summed E-state index contributed by atoms with van der Waals surface area (Å²) in [4.78, 5) is 30.2. The van der Waals surface area contributed by atoms with Crippen molar-refractivity contribution in [3.05, 3.63) is 72.3 Å². The Hall–Kier alpha value is -4.24. The van der Waals surface area contributed by atoms with E-state index in [2.05, 4.69) is 20.4 Å². The molecule has 0 atom stereocenters. The first-order chi connectivity index (χ1) is 17.6. The largest absolute Gasteiger partial charge is 0.495 e. The van der Waals surface area contributed by atoms with Crippen molar-refractivity contribution in [2.24, 2.45) is 0 Å². The van der Waals surface area contributed by atoms with Crippen LogP contribution in [0.25, 0.3) is 0 Å². The Labute approximate surface area is 209 Å². The molecular formula is C27H28N4O5. The molecule has 2 N–H and O–H groups in total. The van der Waals surface area contributed by atoms with E-state index < -0.39 is 0 Å². The Morgan fingerprint density at radius 3 is 2.47 bits per heavy atom. The van der Waals surface area contributed by atoms with Crippen LogP contribution in [0.4, 0.5) is 17.1 Å². The van der Waals surface area contributed by atoms with Crippen molar-refractivity contribution in [3.63, 3.8) is 0 Å². The van der Waals surface area contributed by atoms with Crippen LogP contribution in [0.3, 0.4) is 0 Å². The fourth-order valence-corrected chi connectivity index (χ4v) is 4.39. The summed E-state index contributed by atoms with van der Waals surface area (Å²) in [6.45, 7) is 3.49. The summed E-state index contributed by atoms with van der Waals surface area (Å²) in [5.74, 6) is 1.59. The number of anilines is 3. The number of carbonyl (C=O) groups excluding carboxylic acids is 2. The molecule has 0 radical (unpaired) electrons. The third-order valence-corrected chi connectivity index (χ3v) is 6.24. The fraction of sp³-hybridized carbons (Fsp3) is 0.259.